The number of carbonyl (C=O) groups excluding carboxylic acids is 1. The highest BCUT2D eigenvalue weighted by Crippen LogP contribution is 2.20. The second-order valence-corrected chi connectivity index (χ2v) is 5.89. The van der Waals surface area contributed by atoms with E-state index in [9.17, 15) is 4.79 Å². The number of ether oxygens (including phenoxy) is 1. The summed E-state index contributed by atoms with van der Waals surface area (Å²) in [4.78, 5) is 18.2. The average molecular weight is 347 g/mol. The topological polar surface area (TPSA) is 42.4 Å². The molecule has 0 aliphatic carbocycles. The summed E-state index contributed by atoms with van der Waals surface area (Å²) in [6, 6.07) is 11.1. The van der Waals surface area contributed by atoms with Gasteiger partial charge in [-0.05, 0) is 30.3 Å². The van der Waals surface area contributed by atoms with Gasteiger partial charge in [-0.25, -0.2) is 0 Å². The molecule has 1 aromatic heterocycles. The molecular weight excluding hydrogens is 332 g/mol. The Morgan fingerprint density at radius 2 is 2.10 bits per heavy atom. The molecule has 1 fully saturated rings. The van der Waals surface area contributed by atoms with Crippen molar-refractivity contribution in [2.24, 2.45) is 0 Å². The van der Waals surface area contributed by atoms with Crippen molar-refractivity contribution >= 4 is 21.8 Å². The lowest BCUT2D eigenvalue weighted by Crippen LogP contribution is -2.30. The Balaban J connectivity index is 1.63. The predicted octanol–water partition coefficient (Wildman–Crippen LogP) is 3.14. The standard InChI is InChI=1S/C16H15BrN2O2/c17-13-3-1-2-12(10-13)16(20)19-9-6-15(11-19)21-14-4-7-18-8-5-14/h1-5,7-8,10,15H,6,9,11H2. The molecule has 4 nitrogen and oxygen atoms in total. The van der Waals surface area contributed by atoms with Crippen LogP contribution in [0.1, 0.15) is 16.8 Å². The van der Waals surface area contributed by atoms with Crippen molar-refractivity contribution in [1.82, 2.24) is 9.88 Å². The number of rotatable bonds is 3. The Morgan fingerprint density at radius 3 is 2.86 bits per heavy atom. The van der Waals surface area contributed by atoms with Gasteiger partial charge in [0, 0.05) is 35.4 Å². The van der Waals surface area contributed by atoms with E-state index in [1.54, 1.807) is 12.4 Å². The number of benzene rings is 1. The fourth-order valence-corrected chi connectivity index (χ4v) is 2.82. The zero-order valence-electron chi connectivity index (χ0n) is 11.4. The van der Waals surface area contributed by atoms with Crippen molar-refractivity contribution in [2.45, 2.75) is 12.5 Å². The van der Waals surface area contributed by atoms with E-state index in [0.29, 0.717) is 12.1 Å². The second kappa shape index (κ2) is 6.26. The fraction of sp³-hybridized carbons (Fsp3) is 0.250. The number of halogens is 1. The van der Waals surface area contributed by atoms with Gasteiger partial charge >= 0.3 is 0 Å². The first-order chi connectivity index (χ1) is 10.2. The lowest BCUT2D eigenvalue weighted by molar-refractivity contribution is 0.0772. The number of nitrogens with zero attached hydrogens (tertiary/aromatic N) is 2. The summed E-state index contributed by atoms with van der Waals surface area (Å²) in [5.74, 6) is 0.851. The molecule has 5 heteroatoms. The van der Waals surface area contributed by atoms with Crippen molar-refractivity contribution < 1.29 is 9.53 Å². The molecule has 1 aromatic carbocycles. The van der Waals surface area contributed by atoms with Gasteiger partial charge in [0.2, 0.25) is 0 Å². The molecule has 1 aliphatic rings. The van der Waals surface area contributed by atoms with Gasteiger partial charge in [0.1, 0.15) is 11.9 Å². The SMILES string of the molecule is O=C(c1cccc(Br)c1)N1CCC(Oc2ccncc2)C1. The number of carbonyl (C=O) groups is 1. The molecule has 0 bridgehead atoms. The Bertz CT molecular complexity index is 633. The molecule has 0 saturated carbocycles. The molecule has 1 aliphatic heterocycles. The molecule has 1 atom stereocenters. The summed E-state index contributed by atoms with van der Waals surface area (Å²) in [5.41, 5.74) is 0.703. The third-order valence-electron chi connectivity index (χ3n) is 3.46. The van der Waals surface area contributed by atoms with E-state index >= 15 is 0 Å². The fourth-order valence-electron chi connectivity index (χ4n) is 2.42. The minimum atomic E-state index is 0.0449. The summed E-state index contributed by atoms with van der Waals surface area (Å²) in [6.07, 6.45) is 4.30. The number of aromatic nitrogens is 1. The summed E-state index contributed by atoms with van der Waals surface area (Å²) in [7, 11) is 0. The van der Waals surface area contributed by atoms with Gasteiger partial charge in [-0.3, -0.25) is 9.78 Å². The molecule has 2 aromatic rings. The molecule has 0 spiro atoms. The first-order valence-corrected chi connectivity index (χ1v) is 7.63. The lowest BCUT2D eigenvalue weighted by Gasteiger charge is -2.17. The van der Waals surface area contributed by atoms with E-state index in [2.05, 4.69) is 20.9 Å². The van der Waals surface area contributed by atoms with Crippen LogP contribution in [0.4, 0.5) is 0 Å². The van der Waals surface area contributed by atoms with Gasteiger partial charge in [0.25, 0.3) is 5.91 Å². The van der Waals surface area contributed by atoms with Crippen LogP contribution in [0.5, 0.6) is 5.75 Å². The summed E-state index contributed by atoms with van der Waals surface area (Å²) >= 11 is 3.39. The van der Waals surface area contributed by atoms with Crippen LogP contribution in [0, 0.1) is 0 Å². The van der Waals surface area contributed by atoms with Crippen molar-refractivity contribution in [3.63, 3.8) is 0 Å². The average Bonchev–Trinajstić information content (AvgIpc) is 2.96. The van der Waals surface area contributed by atoms with E-state index in [4.69, 9.17) is 4.74 Å². The van der Waals surface area contributed by atoms with Gasteiger partial charge in [-0.15, -0.1) is 0 Å². The quantitative estimate of drug-likeness (QED) is 0.857. The molecule has 108 valence electrons. The van der Waals surface area contributed by atoms with Crippen LogP contribution in [0.3, 0.4) is 0 Å². The van der Waals surface area contributed by atoms with E-state index in [1.807, 2.05) is 41.3 Å². The first kappa shape index (κ1) is 14.1. The zero-order valence-corrected chi connectivity index (χ0v) is 13.0. The molecule has 0 radical (unpaired) electrons. The summed E-state index contributed by atoms with van der Waals surface area (Å²) < 4.78 is 6.79. The molecule has 1 unspecified atom stereocenters. The predicted molar refractivity (Wildman–Crippen MR) is 83.3 cm³/mol. The Hall–Kier alpha value is -1.88. The van der Waals surface area contributed by atoms with E-state index in [0.717, 1.165) is 23.2 Å². The molecule has 1 amide bonds. The third kappa shape index (κ3) is 3.42. The van der Waals surface area contributed by atoms with E-state index in [-0.39, 0.29) is 12.0 Å². The summed E-state index contributed by atoms with van der Waals surface area (Å²) in [5, 5.41) is 0. The maximum absolute atomic E-state index is 12.4. The Labute approximate surface area is 131 Å². The largest absolute Gasteiger partial charge is 0.488 e. The number of amides is 1. The highest BCUT2D eigenvalue weighted by Gasteiger charge is 2.28. The molecular formula is C16H15BrN2O2. The Kier molecular flexibility index (Phi) is 4.20. The molecule has 21 heavy (non-hydrogen) atoms. The maximum Gasteiger partial charge on any atom is 0.254 e. The molecule has 3 rings (SSSR count). The number of pyridine rings is 1. The van der Waals surface area contributed by atoms with Crippen LogP contribution in [0.25, 0.3) is 0 Å². The van der Waals surface area contributed by atoms with Gasteiger partial charge < -0.3 is 9.64 Å². The van der Waals surface area contributed by atoms with Crippen molar-refractivity contribution in [3.8, 4) is 5.75 Å². The van der Waals surface area contributed by atoms with Gasteiger partial charge in [-0.2, -0.15) is 0 Å². The molecule has 2 heterocycles. The number of hydrogen-bond acceptors (Lipinski definition) is 3. The number of likely N-dealkylation sites (tertiary alicyclic amines) is 1. The van der Waals surface area contributed by atoms with Gasteiger partial charge in [0.05, 0.1) is 6.54 Å². The van der Waals surface area contributed by atoms with E-state index < -0.39 is 0 Å². The van der Waals surface area contributed by atoms with Crippen molar-refractivity contribution in [2.75, 3.05) is 13.1 Å². The third-order valence-corrected chi connectivity index (χ3v) is 3.95. The minimum Gasteiger partial charge on any atom is -0.488 e. The van der Waals surface area contributed by atoms with Crippen LogP contribution >= 0.6 is 15.9 Å². The monoisotopic (exact) mass is 346 g/mol. The normalized spacial score (nSPS) is 17.8. The smallest absolute Gasteiger partial charge is 0.254 e. The molecule has 0 N–H and O–H groups in total. The van der Waals surface area contributed by atoms with Gasteiger partial charge in [-0.1, -0.05) is 22.0 Å². The highest BCUT2D eigenvalue weighted by atomic mass is 79.9. The van der Waals surface area contributed by atoms with Crippen LogP contribution in [-0.4, -0.2) is 35.0 Å². The van der Waals surface area contributed by atoms with Gasteiger partial charge in [0.15, 0.2) is 0 Å². The zero-order chi connectivity index (χ0) is 14.7. The van der Waals surface area contributed by atoms with Crippen molar-refractivity contribution in [1.29, 1.82) is 0 Å². The second-order valence-electron chi connectivity index (χ2n) is 4.97. The summed E-state index contributed by atoms with van der Waals surface area (Å²) in [6.45, 7) is 1.34. The van der Waals surface area contributed by atoms with Crippen LogP contribution < -0.4 is 4.74 Å². The Morgan fingerprint density at radius 1 is 1.29 bits per heavy atom. The number of hydrogen-bond donors (Lipinski definition) is 0. The van der Waals surface area contributed by atoms with Crippen LogP contribution in [-0.2, 0) is 0 Å². The minimum absolute atomic E-state index is 0.0449. The van der Waals surface area contributed by atoms with Crippen LogP contribution in [0.2, 0.25) is 0 Å². The van der Waals surface area contributed by atoms with E-state index in [1.165, 1.54) is 0 Å². The lowest BCUT2D eigenvalue weighted by atomic mass is 10.2. The molecule has 1 saturated heterocycles. The highest BCUT2D eigenvalue weighted by molar-refractivity contribution is 9.10. The van der Waals surface area contributed by atoms with Crippen molar-refractivity contribution in [3.05, 3.63) is 58.8 Å². The maximum atomic E-state index is 12.4. The first-order valence-electron chi connectivity index (χ1n) is 6.84. The van der Waals surface area contributed by atoms with Crippen LogP contribution in [0.15, 0.2) is 53.3 Å².